The minimum Gasteiger partial charge on any atom is -0.330 e. The van der Waals surface area contributed by atoms with Gasteiger partial charge in [0.05, 0.1) is 18.4 Å². The number of hydrogen-bond acceptors (Lipinski definition) is 3. The van der Waals surface area contributed by atoms with E-state index in [4.69, 9.17) is 5.84 Å². The molecule has 1 heterocycles. The predicted octanol–water partition coefficient (Wildman–Crippen LogP) is 1.08. The lowest BCUT2D eigenvalue weighted by Crippen LogP contribution is -2.31. The maximum absolute atomic E-state index is 11.2. The summed E-state index contributed by atoms with van der Waals surface area (Å²) in [6.07, 6.45) is 2.15. The van der Waals surface area contributed by atoms with Crippen LogP contribution in [0.1, 0.15) is 22.5 Å². The summed E-state index contributed by atoms with van der Waals surface area (Å²) >= 11 is 0. The van der Waals surface area contributed by atoms with E-state index in [0.717, 1.165) is 17.8 Å². The van der Waals surface area contributed by atoms with Gasteiger partial charge in [-0.25, -0.2) is 10.8 Å². The van der Waals surface area contributed by atoms with Crippen LogP contribution in [0.4, 0.5) is 0 Å². The summed E-state index contributed by atoms with van der Waals surface area (Å²) in [5, 5.41) is 0. The number of hydrogen-bond donors (Lipinski definition) is 2. The van der Waals surface area contributed by atoms with E-state index in [2.05, 4.69) is 21.9 Å². The van der Waals surface area contributed by atoms with Crippen LogP contribution in [0.3, 0.4) is 0 Å². The average Bonchev–Trinajstić information content (AvgIpc) is 2.73. The fraction of sp³-hybridized carbons (Fsp3) is 0.286. The number of amides is 1. The zero-order valence-corrected chi connectivity index (χ0v) is 11.2. The smallest absolute Gasteiger partial charge is 0.238 e. The molecule has 1 amide bonds. The highest BCUT2D eigenvalue weighted by atomic mass is 16.2. The van der Waals surface area contributed by atoms with Gasteiger partial charge in [0.2, 0.25) is 5.91 Å². The second-order valence-electron chi connectivity index (χ2n) is 4.60. The van der Waals surface area contributed by atoms with Crippen LogP contribution in [0, 0.1) is 13.8 Å². The van der Waals surface area contributed by atoms with E-state index in [1.807, 2.05) is 37.5 Å². The lowest BCUT2D eigenvalue weighted by Gasteiger charge is -2.07. The van der Waals surface area contributed by atoms with Crippen molar-refractivity contribution in [3.05, 3.63) is 53.1 Å². The Bertz CT molecular complexity index is 572. The SMILES string of the molecule is Cc1ncn(Cc2ccc(CC(=O)NN)cc2)c1C. The third-order valence-electron chi connectivity index (χ3n) is 3.25. The Hall–Kier alpha value is -2.14. The third-order valence-corrected chi connectivity index (χ3v) is 3.25. The van der Waals surface area contributed by atoms with Crippen LogP contribution in [0.2, 0.25) is 0 Å². The molecule has 0 bridgehead atoms. The number of carbonyl (C=O) groups is 1. The van der Waals surface area contributed by atoms with Crippen LogP contribution in [0.25, 0.3) is 0 Å². The van der Waals surface area contributed by atoms with Crippen molar-refractivity contribution in [2.45, 2.75) is 26.8 Å². The summed E-state index contributed by atoms with van der Waals surface area (Å²) in [5.74, 6) is 4.87. The topological polar surface area (TPSA) is 72.9 Å². The van der Waals surface area contributed by atoms with E-state index in [-0.39, 0.29) is 5.91 Å². The molecule has 0 spiro atoms. The van der Waals surface area contributed by atoms with Gasteiger partial charge in [0, 0.05) is 12.2 Å². The number of aryl methyl sites for hydroxylation is 1. The van der Waals surface area contributed by atoms with Crippen molar-refractivity contribution >= 4 is 5.91 Å². The second kappa shape index (κ2) is 5.67. The summed E-state index contributed by atoms with van der Waals surface area (Å²) < 4.78 is 2.11. The molecule has 0 aliphatic carbocycles. The summed E-state index contributed by atoms with van der Waals surface area (Å²) in [7, 11) is 0. The van der Waals surface area contributed by atoms with Gasteiger partial charge >= 0.3 is 0 Å². The fourth-order valence-corrected chi connectivity index (χ4v) is 1.90. The van der Waals surface area contributed by atoms with Gasteiger partial charge in [-0.1, -0.05) is 24.3 Å². The van der Waals surface area contributed by atoms with Crippen LogP contribution in [0.5, 0.6) is 0 Å². The van der Waals surface area contributed by atoms with Gasteiger partial charge < -0.3 is 4.57 Å². The molecule has 0 atom stereocenters. The Morgan fingerprint density at radius 1 is 1.26 bits per heavy atom. The van der Waals surface area contributed by atoms with Gasteiger partial charge in [-0.2, -0.15) is 0 Å². The van der Waals surface area contributed by atoms with Crippen LogP contribution < -0.4 is 11.3 Å². The molecule has 0 saturated carbocycles. The van der Waals surface area contributed by atoms with Gasteiger partial charge in [-0.15, -0.1) is 0 Å². The van der Waals surface area contributed by atoms with Gasteiger partial charge in [0.1, 0.15) is 0 Å². The van der Waals surface area contributed by atoms with Crippen molar-refractivity contribution in [2.24, 2.45) is 5.84 Å². The van der Waals surface area contributed by atoms with Crippen LogP contribution >= 0.6 is 0 Å². The maximum atomic E-state index is 11.2. The zero-order chi connectivity index (χ0) is 13.8. The van der Waals surface area contributed by atoms with E-state index in [0.29, 0.717) is 6.42 Å². The van der Waals surface area contributed by atoms with Gasteiger partial charge in [0.15, 0.2) is 0 Å². The summed E-state index contributed by atoms with van der Waals surface area (Å²) in [6, 6.07) is 7.94. The average molecular weight is 258 g/mol. The molecular weight excluding hydrogens is 240 g/mol. The standard InChI is InChI=1S/C14H18N4O/c1-10-11(2)18(9-16-10)8-13-5-3-12(4-6-13)7-14(19)17-15/h3-6,9H,7-8,15H2,1-2H3,(H,17,19). The van der Waals surface area contributed by atoms with Crippen molar-refractivity contribution in [3.63, 3.8) is 0 Å². The lowest BCUT2D eigenvalue weighted by atomic mass is 10.1. The van der Waals surface area contributed by atoms with Crippen LogP contribution in [0.15, 0.2) is 30.6 Å². The first kappa shape index (κ1) is 13.3. The zero-order valence-electron chi connectivity index (χ0n) is 11.2. The number of carbonyl (C=O) groups excluding carboxylic acids is 1. The van der Waals surface area contributed by atoms with Crippen molar-refractivity contribution in [3.8, 4) is 0 Å². The molecule has 2 aromatic rings. The van der Waals surface area contributed by atoms with Gasteiger partial charge in [-0.3, -0.25) is 10.2 Å². The van der Waals surface area contributed by atoms with E-state index < -0.39 is 0 Å². The minimum atomic E-state index is -0.186. The number of hydrazine groups is 1. The highest BCUT2D eigenvalue weighted by Gasteiger charge is 2.04. The number of nitrogens with one attached hydrogen (secondary N) is 1. The molecule has 0 saturated heterocycles. The molecular formula is C14H18N4O. The lowest BCUT2D eigenvalue weighted by molar-refractivity contribution is -0.120. The highest BCUT2D eigenvalue weighted by Crippen LogP contribution is 2.10. The van der Waals surface area contributed by atoms with Gasteiger partial charge in [0.25, 0.3) is 0 Å². The van der Waals surface area contributed by atoms with Crippen molar-refractivity contribution in [2.75, 3.05) is 0 Å². The Balaban J connectivity index is 2.06. The molecule has 0 aliphatic rings. The molecule has 0 unspecified atom stereocenters. The fourth-order valence-electron chi connectivity index (χ4n) is 1.90. The van der Waals surface area contributed by atoms with E-state index in [1.165, 1.54) is 11.3 Å². The highest BCUT2D eigenvalue weighted by molar-refractivity contribution is 5.77. The molecule has 0 radical (unpaired) electrons. The predicted molar refractivity (Wildman–Crippen MR) is 73.3 cm³/mol. The molecule has 2 rings (SSSR count). The minimum absolute atomic E-state index is 0.186. The number of aromatic nitrogens is 2. The first-order valence-corrected chi connectivity index (χ1v) is 6.15. The normalized spacial score (nSPS) is 10.5. The summed E-state index contributed by atoms with van der Waals surface area (Å²) in [4.78, 5) is 15.4. The maximum Gasteiger partial charge on any atom is 0.238 e. The summed E-state index contributed by atoms with van der Waals surface area (Å²) in [6.45, 7) is 4.85. The van der Waals surface area contributed by atoms with Crippen LogP contribution in [-0.4, -0.2) is 15.5 Å². The molecule has 5 nitrogen and oxygen atoms in total. The first-order valence-electron chi connectivity index (χ1n) is 6.15. The Labute approximate surface area is 112 Å². The number of nitrogens with zero attached hydrogens (tertiary/aromatic N) is 2. The van der Waals surface area contributed by atoms with E-state index in [1.54, 1.807) is 0 Å². The Morgan fingerprint density at radius 2 is 1.89 bits per heavy atom. The first-order chi connectivity index (χ1) is 9.10. The molecule has 3 N–H and O–H groups in total. The molecule has 100 valence electrons. The molecule has 5 heteroatoms. The van der Waals surface area contributed by atoms with Gasteiger partial charge in [-0.05, 0) is 25.0 Å². The number of nitrogens with two attached hydrogens (primary N) is 1. The summed E-state index contributed by atoms with van der Waals surface area (Å²) in [5.41, 5.74) is 6.48. The monoisotopic (exact) mass is 258 g/mol. The van der Waals surface area contributed by atoms with Crippen molar-refractivity contribution in [1.29, 1.82) is 0 Å². The Kier molecular flexibility index (Phi) is 3.97. The number of imidazole rings is 1. The second-order valence-corrected chi connectivity index (χ2v) is 4.60. The van der Waals surface area contributed by atoms with Crippen molar-refractivity contribution in [1.82, 2.24) is 15.0 Å². The number of benzene rings is 1. The van der Waals surface area contributed by atoms with Crippen LogP contribution in [-0.2, 0) is 17.8 Å². The largest absolute Gasteiger partial charge is 0.330 e. The van der Waals surface area contributed by atoms with E-state index in [9.17, 15) is 4.79 Å². The quantitative estimate of drug-likeness (QED) is 0.489. The molecule has 0 aliphatic heterocycles. The van der Waals surface area contributed by atoms with Crippen molar-refractivity contribution < 1.29 is 4.79 Å². The number of rotatable bonds is 4. The Morgan fingerprint density at radius 3 is 2.42 bits per heavy atom. The van der Waals surface area contributed by atoms with E-state index >= 15 is 0 Å². The molecule has 19 heavy (non-hydrogen) atoms. The molecule has 1 aromatic heterocycles. The molecule has 0 fully saturated rings. The molecule has 1 aromatic carbocycles. The third kappa shape index (κ3) is 3.20.